The summed E-state index contributed by atoms with van der Waals surface area (Å²) in [6.45, 7) is 2.43. The van der Waals surface area contributed by atoms with Crippen LogP contribution in [0.15, 0.2) is 24.3 Å². The Morgan fingerprint density at radius 3 is 2.78 bits per heavy atom. The van der Waals surface area contributed by atoms with Crippen LogP contribution in [0.25, 0.3) is 0 Å². The third-order valence-corrected chi connectivity index (χ3v) is 5.01. The standard InChI is InChI=1S/C17H19N3O3/c1-17-8-3-9-19(17)16(23)20(15(17)22)13-5-2-4-11(10-13)14(21)18-12-6-7-12/h2,4-5,10,12H,3,6-9H2,1H3,(H,18,21)/t17-/m0/s1. The Morgan fingerprint density at radius 2 is 2.09 bits per heavy atom. The van der Waals surface area contributed by atoms with Crippen molar-refractivity contribution in [3.05, 3.63) is 29.8 Å². The highest BCUT2D eigenvalue weighted by atomic mass is 16.2. The van der Waals surface area contributed by atoms with Gasteiger partial charge in [-0.1, -0.05) is 6.07 Å². The van der Waals surface area contributed by atoms with Crippen LogP contribution < -0.4 is 10.2 Å². The van der Waals surface area contributed by atoms with E-state index in [1.54, 1.807) is 29.2 Å². The van der Waals surface area contributed by atoms with Crippen LogP contribution in [0.5, 0.6) is 0 Å². The topological polar surface area (TPSA) is 69.7 Å². The fraction of sp³-hybridized carbons (Fsp3) is 0.471. The number of carbonyl (C=O) groups excluding carboxylic acids is 3. The molecule has 0 bridgehead atoms. The number of carbonyl (C=O) groups is 3. The van der Waals surface area contributed by atoms with Crippen molar-refractivity contribution in [2.45, 2.75) is 44.2 Å². The maximum atomic E-state index is 12.8. The van der Waals surface area contributed by atoms with E-state index in [4.69, 9.17) is 0 Å². The van der Waals surface area contributed by atoms with Crippen LogP contribution >= 0.6 is 0 Å². The van der Waals surface area contributed by atoms with Crippen molar-refractivity contribution in [2.75, 3.05) is 11.4 Å². The Morgan fingerprint density at radius 1 is 1.30 bits per heavy atom. The molecule has 2 saturated heterocycles. The lowest BCUT2D eigenvalue weighted by Crippen LogP contribution is -2.41. The molecule has 1 atom stereocenters. The van der Waals surface area contributed by atoms with Crippen molar-refractivity contribution in [1.82, 2.24) is 10.2 Å². The first-order valence-corrected chi connectivity index (χ1v) is 8.08. The maximum Gasteiger partial charge on any atom is 0.332 e. The minimum Gasteiger partial charge on any atom is -0.349 e. The predicted molar refractivity (Wildman–Crippen MR) is 84.2 cm³/mol. The van der Waals surface area contributed by atoms with Crippen molar-refractivity contribution in [1.29, 1.82) is 0 Å². The molecule has 0 spiro atoms. The van der Waals surface area contributed by atoms with Crippen molar-refractivity contribution in [2.24, 2.45) is 0 Å². The second-order valence-electron chi connectivity index (χ2n) is 6.75. The summed E-state index contributed by atoms with van der Waals surface area (Å²) in [5, 5.41) is 2.92. The van der Waals surface area contributed by atoms with Crippen LogP contribution in [0.2, 0.25) is 0 Å². The molecule has 4 amide bonds. The first kappa shape index (κ1) is 14.2. The van der Waals surface area contributed by atoms with Gasteiger partial charge in [0.1, 0.15) is 5.54 Å². The van der Waals surface area contributed by atoms with Crippen molar-refractivity contribution >= 4 is 23.5 Å². The van der Waals surface area contributed by atoms with Gasteiger partial charge in [-0.05, 0) is 50.8 Å². The number of nitrogens with one attached hydrogen (secondary N) is 1. The Kier molecular flexibility index (Phi) is 2.98. The van der Waals surface area contributed by atoms with Gasteiger partial charge in [-0.3, -0.25) is 9.59 Å². The van der Waals surface area contributed by atoms with Gasteiger partial charge < -0.3 is 10.2 Å². The lowest BCUT2D eigenvalue weighted by molar-refractivity contribution is -0.123. The summed E-state index contributed by atoms with van der Waals surface area (Å²) in [6.07, 6.45) is 3.57. The molecule has 1 aromatic rings. The number of imide groups is 1. The maximum absolute atomic E-state index is 12.8. The number of benzene rings is 1. The average molecular weight is 313 g/mol. The summed E-state index contributed by atoms with van der Waals surface area (Å²) in [5.74, 6) is -0.347. The minimum absolute atomic E-state index is 0.153. The van der Waals surface area contributed by atoms with Crippen LogP contribution in [0.1, 0.15) is 43.0 Å². The van der Waals surface area contributed by atoms with Gasteiger partial charge in [-0.15, -0.1) is 0 Å². The zero-order valence-electron chi connectivity index (χ0n) is 13.0. The van der Waals surface area contributed by atoms with Gasteiger partial charge in [0.25, 0.3) is 11.8 Å². The average Bonchev–Trinajstić information content (AvgIpc) is 3.22. The Bertz CT molecular complexity index is 713. The minimum atomic E-state index is -0.733. The molecule has 3 aliphatic rings. The number of rotatable bonds is 3. The highest BCUT2D eigenvalue weighted by Gasteiger charge is 2.56. The number of urea groups is 1. The molecule has 0 aromatic heterocycles. The molecule has 2 heterocycles. The first-order valence-electron chi connectivity index (χ1n) is 8.08. The third-order valence-electron chi connectivity index (χ3n) is 5.01. The van der Waals surface area contributed by atoms with Gasteiger partial charge in [-0.2, -0.15) is 0 Å². The third kappa shape index (κ3) is 2.12. The molecule has 0 unspecified atom stereocenters. The van der Waals surface area contributed by atoms with Crippen LogP contribution in [0, 0.1) is 0 Å². The zero-order valence-corrected chi connectivity index (χ0v) is 13.0. The second kappa shape index (κ2) is 4.81. The predicted octanol–water partition coefficient (Wildman–Crippen LogP) is 1.90. The van der Waals surface area contributed by atoms with E-state index in [0.717, 1.165) is 19.3 Å². The summed E-state index contributed by atoms with van der Waals surface area (Å²) in [7, 11) is 0. The fourth-order valence-corrected chi connectivity index (χ4v) is 3.45. The molecule has 3 fully saturated rings. The molecule has 6 heteroatoms. The van der Waals surface area contributed by atoms with Crippen molar-refractivity contribution in [3.8, 4) is 0 Å². The Labute approximate surface area is 134 Å². The number of fused-ring (bicyclic) bond motifs is 1. The zero-order chi connectivity index (χ0) is 16.2. The quantitative estimate of drug-likeness (QED) is 0.867. The highest BCUT2D eigenvalue weighted by molar-refractivity contribution is 6.23. The monoisotopic (exact) mass is 313 g/mol. The van der Waals surface area contributed by atoms with Crippen LogP contribution in [-0.4, -0.2) is 40.9 Å². The molecule has 120 valence electrons. The fourth-order valence-electron chi connectivity index (χ4n) is 3.45. The van der Waals surface area contributed by atoms with E-state index in [1.807, 2.05) is 6.92 Å². The summed E-state index contributed by atoms with van der Waals surface area (Å²) >= 11 is 0. The number of anilines is 1. The van der Waals surface area contributed by atoms with Gasteiger partial charge in [0, 0.05) is 18.2 Å². The van der Waals surface area contributed by atoms with Crippen LogP contribution in [-0.2, 0) is 4.79 Å². The Hall–Kier alpha value is -2.37. The van der Waals surface area contributed by atoms with E-state index < -0.39 is 5.54 Å². The van der Waals surface area contributed by atoms with Crippen LogP contribution in [0.4, 0.5) is 10.5 Å². The van der Waals surface area contributed by atoms with E-state index in [1.165, 1.54) is 4.90 Å². The van der Waals surface area contributed by atoms with E-state index in [2.05, 4.69) is 5.32 Å². The molecular formula is C17H19N3O3. The molecule has 6 nitrogen and oxygen atoms in total. The van der Waals surface area contributed by atoms with Gasteiger partial charge >= 0.3 is 6.03 Å². The van der Waals surface area contributed by atoms with Crippen molar-refractivity contribution < 1.29 is 14.4 Å². The molecule has 2 aliphatic heterocycles. The van der Waals surface area contributed by atoms with E-state index >= 15 is 0 Å². The number of amides is 4. The van der Waals surface area contributed by atoms with E-state index in [-0.39, 0.29) is 23.9 Å². The molecule has 4 rings (SSSR count). The van der Waals surface area contributed by atoms with Crippen LogP contribution in [0.3, 0.4) is 0 Å². The number of nitrogens with zero attached hydrogens (tertiary/aromatic N) is 2. The molecule has 1 aliphatic carbocycles. The van der Waals surface area contributed by atoms with Gasteiger partial charge in [0.15, 0.2) is 0 Å². The molecular weight excluding hydrogens is 294 g/mol. The number of hydrogen-bond donors (Lipinski definition) is 1. The van der Waals surface area contributed by atoms with Gasteiger partial charge in [-0.25, -0.2) is 9.69 Å². The molecule has 0 radical (unpaired) electrons. The van der Waals surface area contributed by atoms with Gasteiger partial charge in [0.05, 0.1) is 5.69 Å². The first-order chi connectivity index (χ1) is 11.0. The molecule has 1 saturated carbocycles. The summed E-state index contributed by atoms with van der Waals surface area (Å²) in [5.41, 5.74) is 0.217. The van der Waals surface area contributed by atoms with E-state index in [0.29, 0.717) is 24.2 Å². The molecule has 1 N–H and O–H groups in total. The SMILES string of the molecule is C[C@@]12CCCN1C(=O)N(c1cccc(C(=O)NC3CC3)c1)C2=O. The second-order valence-corrected chi connectivity index (χ2v) is 6.75. The lowest BCUT2D eigenvalue weighted by Gasteiger charge is -2.22. The smallest absolute Gasteiger partial charge is 0.332 e. The Balaban J connectivity index is 1.64. The van der Waals surface area contributed by atoms with Crippen molar-refractivity contribution in [3.63, 3.8) is 0 Å². The molecule has 23 heavy (non-hydrogen) atoms. The van der Waals surface area contributed by atoms with Gasteiger partial charge in [0.2, 0.25) is 0 Å². The normalized spacial score (nSPS) is 26.7. The summed E-state index contributed by atoms with van der Waals surface area (Å²) < 4.78 is 0. The van der Waals surface area contributed by atoms with E-state index in [9.17, 15) is 14.4 Å². The number of hydrogen-bond acceptors (Lipinski definition) is 3. The summed E-state index contributed by atoms with van der Waals surface area (Å²) in [6, 6.07) is 6.73. The largest absolute Gasteiger partial charge is 0.349 e. The molecule has 1 aromatic carbocycles. The summed E-state index contributed by atoms with van der Waals surface area (Å²) in [4.78, 5) is 40.4. The lowest BCUT2D eigenvalue weighted by atomic mass is 9.99. The highest BCUT2D eigenvalue weighted by Crippen LogP contribution is 2.39.